The van der Waals surface area contributed by atoms with Gasteiger partial charge in [-0.3, -0.25) is 9.59 Å². The second-order valence-corrected chi connectivity index (χ2v) is 9.86. The molecule has 2 unspecified atom stereocenters. The van der Waals surface area contributed by atoms with Gasteiger partial charge in [0.2, 0.25) is 11.8 Å². The monoisotopic (exact) mass is 481 g/mol. The Morgan fingerprint density at radius 3 is 2.20 bits per heavy atom. The van der Waals surface area contributed by atoms with Gasteiger partial charge in [0.25, 0.3) is 0 Å². The predicted molar refractivity (Wildman–Crippen MR) is 138 cm³/mol. The molecule has 35 heavy (non-hydrogen) atoms. The average molecular weight is 482 g/mol. The zero-order valence-corrected chi connectivity index (χ0v) is 22.0. The van der Waals surface area contributed by atoms with Crippen LogP contribution >= 0.6 is 0 Å². The van der Waals surface area contributed by atoms with Crippen LogP contribution in [0.3, 0.4) is 0 Å². The van der Waals surface area contributed by atoms with Crippen molar-refractivity contribution in [3.05, 3.63) is 70.8 Å². The van der Waals surface area contributed by atoms with Crippen molar-refractivity contribution in [2.24, 2.45) is 0 Å². The summed E-state index contributed by atoms with van der Waals surface area (Å²) in [5.41, 5.74) is 3.15. The molecule has 3 amide bonds. The molecule has 2 atom stereocenters. The van der Waals surface area contributed by atoms with E-state index in [4.69, 9.17) is 4.74 Å². The first-order chi connectivity index (χ1) is 16.4. The highest BCUT2D eigenvalue weighted by Gasteiger charge is 2.34. The molecule has 2 N–H and O–H groups in total. The van der Waals surface area contributed by atoms with Crippen LogP contribution in [-0.4, -0.2) is 41.0 Å². The second-order valence-electron chi connectivity index (χ2n) is 9.86. The number of benzene rings is 2. The van der Waals surface area contributed by atoms with Crippen LogP contribution in [0, 0.1) is 13.8 Å². The van der Waals surface area contributed by atoms with E-state index in [1.165, 1.54) is 0 Å². The Kier molecular flexibility index (Phi) is 9.87. The van der Waals surface area contributed by atoms with Gasteiger partial charge in [0, 0.05) is 12.6 Å². The highest BCUT2D eigenvalue weighted by Crippen LogP contribution is 2.27. The molecule has 0 bridgehead atoms. The van der Waals surface area contributed by atoms with E-state index in [0.29, 0.717) is 13.0 Å². The molecule has 0 spiro atoms. The number of hydrogen-bond donors (Lipinski definition) is 2. The minimum atomic E-state index is -0.846. The van der Waals surface area contributed by atoms with Crippen LogP contribution < -0.4 is 10.6 Å². The van der Waals surface area contributed by atoms with Crippen molar-refractivity contribution in [3.63, 3.8) is 0 Å². The normalized spacial score (nSPS) is 12.9. The number of carbonyl (C=O) groups is 3. The van der Waals surface area contributed by atoms with E-state index in [-0.39, 0.29) is 24.4 Å². The van der Waals surface area contributed by atoms with E-state index in [0.717, 1.165) is 22.3 Å². The molecule has 0 aliphatic heterocycles. The van der Waals surface area contributed by atoms with Gasteiger partial charge in [-0.05, 0) is 70.2 Å². The first kappa shape index (κ1) is 27.9. The highest BCUT2D eigenvalue weighted by molar-refractivity contribution is 5.90. The van der Waals surface area contributed by atoms with Crippen LogP contribution in [0.15, 0.2) is 48.5 Å². The van der Waals surface area contributed by atoms with Gasteiger partial charge in [0.1, 0.15) is 18.2 Å². The quantitative estimate of drug-likeness (QED) is 0.538. The molecule has 7 heteroatoms. The van der Waals surface area contributed by atoms with Crippen LogP contribution in [0.1, 0.15) is 69.3 Å². The Morgan fingerprint density at radius 1 is 0.971 bits per heavy atom. The maximum absolute atomic E-state index is 13.6. The summed E-state index contributed by atoms with van der Waals surface area (Å²) < 4.78 is 5.26. The zero-order valence-electron chi connectivity index (χ0n) is 22.0. The fraction of sp³-hybridized carbons (Fsp3) is 0.464. The molecule has 0 radical (unpaired) electrons. The molecule has 7 nitrogen and oxygen atoms in total. The van der Waals surface area contributed by atoms with Gasteiger partial charge in [-0.15, -0.1) is 0 Å². The maximum atomic E-state index is 13.6. The molecule has 0 saturated carbocycles. The van der Waals surface area contributed by atoms with Crippen molar-refractivity contribution in [2.45, 2.75) is 79.1 Å². The summed E-state index contributed by atoms with van der Waals surface area (Å²) >= 11 is 0. The van der Waals surface area contributed by atoms with Gasteiger partial charge in [-0.25, -0.2) is 4.79 Å². The minimum absolute atomic E-state index is 0.239. The summed E-state index contributed by atoms with van der Waals surface area (Å²) in [7, 11) is 0. The number of hydrogen-bond acceptors (Lipinski definition) is 4. The lowest BCUT2D eigenvalue weighted by atomic mass is 9.97. The first-order valence-electron chi connectivity index (χ1n) is 12.1. The van der Waals surface area contributed by atoms with Crippen LogP contribution in [0.25, 0.3) is 0 Å². The molecule has 0 aliphatic rings. The second kappa shape index (κ2) is 12.4. The number of amides is 3. The van der Waals surface area contributed by atoms with Crippen molar-refractivity contribution >= 4 is 17.9 Å². The zero-order chi connectivity index (χ0) is 26.2. The number of ether oxygens (including phenoxy) is 1. The molecule has 0 saturated heterocycles. The van der Waals surface area contributed by atoms with Gasteiger partial charge in [-0.2, -0.15) is 0 Å². The first-order valence-corrected chi connectivity index (χ1v) is 12.1. The third kappa shape index (κ3) is 8.42. The lowest BCUT2D eigenvalue weighted by Crippen LogP contribution is -2.51. The van der Waals surface area contributed by atoms with Crippen molar-refractivity contribution in [2.75, 3.05) is 6.54 Å². The van der Waals surface area contributed by atoms with E-state index in [1.807, 2.05) is 76.2 Å². The third-order valence-electron chi connectivity index (χ3n) is 5.82. The average Bonchev–Trinajstić information content (AvgIpc) is 2.80. The fourth-order valence-electron chi connectivity index (χ4n) is 3.65. The Bertz CT molecular complexity index is 1010. The lowest BCUT2D eigenvalue weighted by Gasteiger charge is -2.36. The van der Waals surface area contributed by atoms with Gasteiger partial charge in [0.15, 0.2) is 0 Å². The number of nitrogens with one attached hydrogen (secondary N) is 2. The number of aryl methyl sites for hydroxylation is 2. The Morgan fingerprint density at radius 2 is 1.63 bits per heavy atom. The minimum Gasteiger partial charge on any atom is -0.444 e. The van der Waals surface area contributed by atoms with Crippen molar-refractivity contribution in [3.8, 4) is 0 Å². The van der Waals surface area contributed by atoms with Crippen LogP contribution in [0.4, 0.5) is 4.79 Å². The molecular formula is C28H39N3O4. The summed E-state index contributed by atoms with van der Waals surface area (Å²) in [6, 6.07) is 14.3. The highest BCUT2D eigenvalue weighted by atomic mass is 16.6. The van der Waals surface area contributed by atoms with Gasteiger partial charge >= 0.3 is 6.09 Å². The van der Waals surface area contributed by atoms with Gasteiger partial charge in [-0.1, -0.05) is 55.5 Å². The third-order valence-corrected chi connectivity index (χ3v) is 5.82. The van der Waals surface area contributed by atoms with Gasteiger partial charge < -0.3 is 20.3 Å². The van der Waals surface area contributed by atoms with Crippen LogP contribution in [0.2, 0.25) is 0 Å². The van der Waals surface area contributed by atoms with Crippen molar-refractivity contribution in [1.29, 1.82) is 0 Å². The standard InChI is InChI=1S/C28H39N3O4/c1-8-21(4)31(24(32)18-30-27(34)35-28(5,6)7)25(23-15-14-19(2)20(3)16-23)26(33)29-17-22-12-10-9-11-13-22/h9-16,21,25H,8,17-18H2,1-7H3,(H,29,33)(H,30,34). The lowest BCUT2D eigenvalue weighted by molar-refractivity contribution is -0.142. The summed E-state index contributed by atoms with van der Waals surface area (Å²) in [5.74, 6) is -0.633. The Balaban J connectivity index is 2.35. The SMILES string of the molecule is CCC(C)N(C(=O)CNC(=O)OC(C)(C)C)C(C(=O)NCc1ccccc1)c1ccc(C)c(C)c1. The molecular weight excluding hydrogens is 442 g/mol. The Labute approximate surface area is 209 Å². The fourth-order valence-corrected chi connectivity index (χ4v) is 3.65. The molecule has 0 fully saturated rings. The number of nitrogens with zero attached hydrogens (tertiary/aromatic N) is 1. The summed E-state index contributed by atoms with van der Waals surface area (Å²) in [4.78, 5) is 40.8. The molecule has 0 aromatic heterocycles. The number of alkyl carbamates (subject to hydrolysis) is 1. The van der Waals surface area contributed by atoms with Crippen LogP contribution in [0.5, 0.6) is 0 Å². The molecule has 2 aromatic carbocycles. The van der Waals surface area contributed by atoms with Gasteiger partial charge in [0.05, 0.1) is 0 Å². The summed E-state index contributed by atoms with van der Waals surface area (Å²) in [6.45, 7) is 13.2. The topological polar surface area (TPSA) is 87.7 Å². The molecule has 2 rings (SSSR count). The number of carbonyl (C=O) groups excluding carboxylic acids is 3. The van der Waals surface area contributed by atoms with E-state index in [9.17, 15) is 14.4 Å². The van der Waals surface area contributed by atoms with E-state index >= 15 is 0 Å². The molecule has 0 aliphatic carbocycles. The predicted octanol–water partition coefficient (Wildman–Crippen LogP) is 4.81. The van der Waals surface area contributed by atoms with Crippen molar-refractivity contribution in [1.82, 2.24) is 15.5 Å². The summed E-state index contributed by atoms with van der Waals surface area (Å²) in [6.07, 6.45) is -0.0305. The molecule has 2 aromatic rings. The number of rotatable bonds is 9. The summed E-state index contributed by atoms with van der Waals surface area (Å²) in [5, 5.41) is 5.53. The molecule has 0 heterocycles. The smallest absolute Gasteiger partial charge is 0.408 e. The Hall–Kier alpha value is -3.35. The van der Waals surface area contributed by atoms with Crippen LogP contribution in [-0.2, 0) is 20.9 Å². The van der Waals surface area contributed by atoms with Crippen molar-refractivity contribution < 1.29 is 19.1 Å². The van der Waals surface area contributed by atoms with E-state index < -0.39 is 17.7 Å². The largest absolute Gasteiger partial charge is 0.444 e. The maximum Gasteiger partial charge on any atom is 0.408 e. The van der Waals surface area contributed by atoms with E-state index in [1.54, 1.807) is 25.7 Å². The molecule has 190 valence electrons. The van der Waals surface area contributed by atoms with E-state index in [2.05, 4.69) is 10.6 Å².